The van der Waals surface area contributed by atoms with Crippen LogP contribution in [0.25, 0.3) is 5.69 Å². The van der Waals surface area contributed by atoms with Gasteiger partial charge in [-0.05, 0) is 36.4 Å². The van der Waals surface area contributed by atoms with Gasteiger partial charge in [-0.15, -0.1) is 0 Å². The fourth-order valence-corrected chi connectivity index (χ4v) is 2.45. The van der Waals surface area contributed by atoms with Gasteiger partial charge in [0, 0.05) is 12.0 Å². The summed E-state index contributed by atoms with van der Waals surface area (Å²) in [5, 5.41) is 4.04. The summed E-state index contributed by atoms with van der Waals surface area (Å²) in [5.74, 6) is 0.679. The lowest BCUT2D eigenvalue weighted by Crippen LogP contribution is -2.21. The fourth-order valence-electron chi connectivity index (χ4n) is 2.28. The molecule has 5 nitrogen and oxygen atoms in total. The Balaban J connectivity index is 1.88. The van der Waals surface area contributed by atoms with Crippen LogP contribution in [0.15, 0.2) is 65.6 Å². The lowest BCUT2D eigenvalue weighted by molar-refractivity contribution is 0.0988. The predicted octanol–water partition coefficient (Wildman–Crippen LogP) is 4.27. The van der Waals surface area contributed by atoms with Gasteiger partial charge in [-0.1, -0.05) is 36.7 Å². The van der Waals surface area contributed by atoms with Crippen molar-refractivity contribution in [3.8, 4) is 17.2 Å². The van der Waals surface area contributed by atoms with Gasteiger partial charge in [0.05, 0.1) is 11.9 Å². The van der Waals surface area contributed by atoms with Crippen molar-refractivity contribution in [2.24, 2.45) is 0 Å². The van der Waals surface area contributed by atoms with Crippen molar-refractivity contribution in [3.05, 3.63) is 81.7 Å². The number of carbonyl (C=O) groups excluding carboxylic acids is 1. The molecule has 1 heterocycles. The molecule has 0 spiro atoms. The van der Waals surface area contributed by atoms with Crippen molar-refractivity contribution in [3.63, 3.8) is 0 Å². The molecule has 0 aliphatic carbocycles. The summed E-state index contributed by atoms with van der Waals surface area (Å²) in [6.07, 6.45) is 1.83. The molecule has 0 aliphatic heterocycles. The summed E-state index contributed by atoms with van der Waals surface area (Å²) >= 11 is 6.15. The Morgan fingerprint density at radius 3 is 2.44 bits per heavy atom. The van der Waals surface area contributed by atoms with Gasteiger partial charge in [-0.25, -0.2) is 0 Å². The van der Waals surface area contributed by atoms with Crippen LogP contribution in [0.5, 0.6) is 11.5 Å². The number of ketones is 1. The molecule has 0 unspecified atom stereocenters. The first kappa shape index (κ1) is 16.9. The molecule has 6 heteroatoms. The lowest BCUT2D eigenvalue weighted by Gasteiger charge is -2.10. The molecule has 0 N–H and O–H groups in total. The van der Waals surface area contributed by atoms with Crippen LogP contribution in [-0.2, 0) is 0 Å². The fraction of sp³-hybridized carbons (Fsp3) is 0.105. The van der Waals surface area contributed by atoms with Gasteiger partial charge in [-0.3, -0.25) is 9.59 Å². The molecule has 3 aromatic rings. The summed E-state index contributed by atoms with van der Waals surface area (Å²) in [5.41, 5.74) is 0.755. The van der Waals surface area contributed by atoms with E-state index < -0.39 is 5.56 Å². The Kier molecular flexibility index (Phi) is 4.95. The Hall–Kier alpha value is -2.92. The number of benzene rings is 2. The maximum absolute atomic E-state index is 12.4. The molecule has 0 aliphatic rings. The van der Waals surface area contributed by atoms with Gasteiger partial charge in [0.2, 0.25) is 0 Å². The molecule has 0 radical (unpaired) electrons. The number of hydrogen-bond acceptors (Lipinski definition) is 4. The zero-order chi connectivity index (χ0) is 17.8. The van der Waals surface area contributed by atoms with Crippen molar-refractivity contribution in [1.29, 1.82) is 0 Å². The largest absolute Gasteiger partial charge is 0.454 e. The van der Waals surface area contributed by atoms with Crippen molar-refractivity contribution in [1.82, 2.24) is 9.78 Å². The summed E-state index contributed by atoms with van der Waals surface area (Å²) in [7, 11) is 0. The number of aromatic nitrogens is 2. The average molecular weight is 355 g/mol. The third kappa shape index (κ3) is 3.61. The molecule has 0 saturated heterocycles. The van der Waals surface area contributed by atoms with E-state index in [0.717, 1.165) is 0 Å². The Labute approximate surface area is 149 Å². The Bertz CT molecular complexity index is 951. The molecule has 126 valence electrons. The van der Waals surface area contributed by atoms with E-state index in [1.165, 1.54) is 10.9 Å². The third-order valence-corrected chi connectivity index (χ3v) is 3.96. The second kappa shape index (κ2) is 7.32. The van der Waals surface area contributed by atoms with E-state index in [2.05, 4.69) is 5.10 Å². The van der Waals surface area contributed by atoms with Gasteiger partial charge in [0.25, 0.3) is 5.56 Å². The van der Waals surface area contributed by atoms with E-state index in [9.17, 15) is 9.59 Å². The van der Waals surface area contributed by atoms with Crippen LogP contribution in [-0.4, -0.2) is 15.6 Å². The predicted molar refractivity (Wildman–Crippen MR) is 96.0 cm³/mol. The number of hydrogen-bond donors (Lipinski definition) is 0. The smallest absolute Gasteiger partial charge is 0.294 e. The number of halogens is 1. The van der Waals surface area contributed by atoms with E-state index in [4.69, 9.17) is 16.3 Å². The molecule has 0 bridgehead atoms. The second-order valence-electron chi connectivity index (χ2n) is 5.28. The van der Waals surface area contributed by atoms with Crippen molar-refractivity contribution >= 4 is 17.4 Å². The number of nitrogens with zero attached hydrogens (tertiary/aromatic N) is 2. The van der Waals surface area contributed by atoms with Crippen molar-refractivity contribution < 1.29 is 9.53 Å². The minimum atomic E-state index is -0.469. The normalized spacial score (nSPS) is 10.5. The van der Waals surface area contributed by atoms with Crippen LogP contribution in [0, 0.1) is 0 Å². The van der Waals surface area contributed by atoms with Crippen LogP contribution in [0.4, 0.5) is 0 Å². The van der Waals surface area contributed by atoms with E-state index in [1.54, 1.807) is 55.5 Å². The lowest BCUT2D eigenvalue weighted by atomic mass is 10.1. The summed E-state index contributed by atoms with van der Waals surface area (Å²) in [6.45, 7) is 1.81. The number of Topliss-reactive ketones (excluding diaryl/α,β-unsaturated/α-hetero) is 1. The third-order valence-electron chi connectivity index (χ3n) is 3.61. The van der Waals surface area contributed by atoms with Crippen LogP contribution in [0.1, 0.15) is 23.7 Å². The molecule has 0 atom stereocenters. The number of para-hydroxylation sites is 1. The quantitative estimate of drug-likeness (QED) is 0.642. The molecule has 25 heavy (non-hydrogen) atoms. The standard InChI is InChI=1S/C19H15ClN2O3/c1-2-16(23)13-8-10-15(11-9-13)25-17-12-21-22(19(24)18(17)20)14-6-4-3-5-7-14/h3-12H,2H2,1H3. The highest BCUT2D eigenvalue weighted by molar-refractivity contribution is 6.31. The van der Waals surface area contributed by atoms with Gasteiger partial charge in [0.15, 0.2) is 16.6 Å². The summed E-state index contributed by atoms with van der Waals surface area (Å²) in [4.78, 5) is 24.0. The highest BCUT2D eigenvalue weighted by Crippen LogP contribution is 2.26. The van der Waals surface area contributed by atoms with Gasteiger partial charge >= 0.3 is 0 Å². The zero-order valence-corrected chi connectivity index (χ0v) is 14.2. The molecule has 0 saturated carbocycles. The number of carbonyl (C=O) groups is 1. The maximum atomic E-state index is 12.4. The minimum Gasteiger partial charge on any atom is -0.454 e. The first-order valence-electron chi connectivity index (χ1n) is 7.74. The molecular weight excluding hydrogens is 340 g/mol. The van der Waals surface area contributed by atoms with E-state index >= 15 is 0 Å². The minimum absolute atomic E-state index is 0.0525. The first-order chi connectivity index (χ1) is 12.1. The van der Waals surface area contributed by atoms with Gasteiger partial charge in [-0.2, -0.15) is 9.78 Å². The highest BCUT2D eigenvalue weighted by atomic mass is 35.5. The van der Waals surface area contributed by atoms with E-state index in [1.807, 2.05) is 6.07 Å². The Morgan fingerprint density at radius 2 is 1.80 bits per heavy atom. The van der Waals surface area contributed by atoms with Gasteiger partial charge in [0.1, 0.15) is 5.75 Å². The van der Waals surface area contributed by atoms with Crippen LogP contribution < -0.4 is 10.3 Å². The molecule has 0 fully saturated rings. The van der Waals surface area contributed by atoms with Crippen molar-refractivity contribution in [2.45, 2.75) is 13.3 Å². The monoisotopic (exact) mass is 354 g/mol. The summed E-state index contributed by atoms with van der Waals surface area (Å²) < 4.78 is 6.84. The topological polar surface area (TPSA) is 61.2 Å². The molecule has 3 rings (SSSR count). The van der Waals surface area contributed by atoms with E-state index in [0.29, 0.717) is 23.4 Å². The number of ether oxygens (including phenoxy) is 1. The Morgan fingerprint density at radius 1 is 1.12 bits per heavy atom. The zero-order valence-electron chi connectivity index (χ0n) is 13.5. The number of rotatable bonds is 5. The van der Waals surface area contributed by atoms with Crippen LogP contribution in [0.2, 0.25) is 5.02 Å². The first-order valence-corrected chi connectivity index (χ1v) is 8.12. The summed E-state index contributed by atoms with van der Waals surface area (Å²) in [6, 6.07) is 15.6. The van der Waals surface area contributed by atoms with Crippen molar-refractivity contribution in [2.75, 3.05) is 0 Å². The van der Waals surface area contributed by atoms with Crippen LogP contribution in [0.3, 0.4) is 0 Å². The SMILES string of the molecule is CCC(=O)c1ccc(Oc2cnn(-c3ccccc3)c(=O)c2Cl)cc1. The molecular formula is C19H15ClN2O3. The molecule has 1 aromatic heterocycles. The average Bonchev–Trinajstić information content (AvgIpc) is 2.66. The van der Waals surface area contributed by atoms with Crippen LogP contribution >= 0.6 is 11.6 Å². The molecule has 2 aromatic carbocycles. The van der Waals surface area contributed by atoms with E-state index in [-0.39, 0.29) is 16.6 Å². The molecule has 0 amide bonds. The highest BCUT2D eigenvalue weighted by Gasteiger charge is 2.13. The maximum Gasteiger partial charge on any atom is 0.294 e. The second-order valence-corrected chi connectivity index (χ2v) is 5.66. The van der Waals surface area contributed by atoms with Gasteiger partial charge < -0.3 is 4.74 Å².